The van der Waals surface area contributed by atoms with E-state index in [4.69, 9.17) is 15.3 Å². The number of nitriles is 2. The molecular formula is C29H37N9O3. The average molecular weight is 560 g/mol. The SMILES string of the molecule is N#CN=[N+]([O-])c1ccc(C(=O)NCCCCNC(=NCCCOc2cccc(CN3CCCCC3)c2)NC#N)cc1. The number of likely N-dealkylation sites (tertiary alicyclic amines) is 1. The van der Waals surface area contributed by atoms with Gasteiger partial charge in [-0.2, -0.15) is 10.5 Å². The number of benzene rings is 2. The van der Waals surface area contributed by atoms with Crippen molar-refractivity contribution in [2.24, 2.45) is 10.1 Å². The Morgan fingerprint density at radius 3 is 2.51 bits per heavy atom. The Balaban J connectivity index is 1.29. The lowest BCUT2D eigenvalue weighted by Gasteiger charge is -2.26. The number of amides is 1. The van der Waals surface area contributed by atoms with E-state index < -0.39 is 0 Å². The second kappa shape index (κ2) is 17.8. The fourth-order valence-electron chi connectivity index (χ4n) is 4.35. The number of carbonyl (C=O) groups excluding carboxylic acids is 1. The average Bonchev–Trinajstić information content (AvgIpc) is 2.99. The van der Waals surface area contributed by atoms with Crippen LogP contribution in [0.15, 0.2) is 58.6 Å². The van der Waals surface area contributed by atoms with Gasteiger partial charge in [0.1, 0.15) is 5.75 Å². The number of nitrogens with one attached hydrogen (secondary N) is 3. The fraction of sp³-hybridized carbons (Fsp3) is 0.448. The molecule has 0 aliphatic carbocycles. The van der Waals surface area contributed by atoms with Gasteiger partial charge in [0.2, 0.25) is 11.6 Å². The maximum absolute atomic E-state index is 12.3. The van der Waals surface area contributed by atoms with Crippen molar-refractivity contribution >= 4 is 17.6 Å². The van der Waals surface area contributed by atoms with Gasteiger partial charge in [0.15, 0.2) is 6.19 Å². The number of guanidine groups is 1. The monoisotopic (exact) mass is 559 g/mol. The molecule has 3 N–H and O–H groups in total. The van der Waals surface area contributed by atoms with Crippen LogP contribution in [0.3, 0.4) is 0 Å². The van der Waals surface area contributed by atoms with Gasteiger partial charge in [-0.3, -0.25) is 20.0 Å². The number of piperidine rings is 1. The summed E-state index contributed by atoms with van der Waals surface area (Å²) in [5.41, 5.74) is 1.83. The van der Waals surface area contributed by atoms with Gasteiger partial charge in [-0.05, 0) is 73.5 Å². The standard InChI is InChI=1S/C29H37N9O3/c30-22-35-29(33-15-3-2-14-32-28(39)25-10-12-26(13-11-25)38(40)36-23-31)34-16-7-19-41-27-9-6-8-24(20-27)21-37-17-4-1-5-18-37/h6,8-13,20H,1-5,7,14-19,21H2,(H,32,39)(H2,33,34,35). The molecule has 0 unspecified atom stereocenters. The van der Waals surface area contributed by atoms with Crippen molar-refractivity contribution in [1.29, 1.82) is 10.5 Å². The number of aliphatic imine (C=N–C) groups is 1. The van der Waals surface area contributed by atoms with Gasteiger partial charge in [-0.25, -0.2) is 0 Å². The fourth-order valence-corrected chi connectivity index (χ4v) is 4.35. The van der Waals surface area contributed by atoms with Gasteiger partial charge in [0.25, 0.3) is 12.1 Å². The lowest BCUT2D eigenvalue weighted by molar-refractivity contribution is -0.435. The van der Waals surface area contributed by atoms with Crippen LogP contribution in [0.25, 0.3) is 0 Å². The van der Waals surface area contributed by atoms with Gasteiger partial charge in [0, 0.05) is 50.3 Å². The van der Waals surface area contributed by atoms with Gasteiger partial charge in [0.05, 0.1) is 11.7 Å². The lowest BCUT2D eigenvalue weighted by atomic mass is 10.1. The Labute approximate surface area is 240 Å². The maximum Gasteiger partial charge on any atom is 0.274 e. The number of ether oxygens (including phenoxy) is 1. The Morgan fingerprint density at radius 1 is 1.02 bits per heavy atom. The first kappa shape index (κ1) is 30.9. The van der Waals surface area contributed by atoms with Crippen LogP contribution in [-0.2, 0) is 6.54 Å². The summed E-state index contributed by atoms with van der Waals surface area (Å²) in [4.78, 5) is 19.4. The third-order valence-electron chi connectivity index (χ3n) is 6.44. The van der Waals surface area contributed by atoms with Crippen LogP contribution >= 0.6 is 0 Å². The Hall–Kier alpha value is -4.68. The highest BCUT2D eigenvalue weighted by Crippen LogP contribution is 2.18. The first-order valence-electron chi connectivity index (χ1n) is 13.9. The molecule has 3 rings (SSSR count). The van der Waals surface area contributed by atoms with Gasteiger partial charge >= 0.3 is 0 Å². The molecule has 12 heteroatoms. The molecule has 1 aliphatic heterocycles. The van der Waals surface area contributed by atoms with E-state index in [1.54, 1.807) is 0 Å². The predicted molar refractivity (Wildman–Crippen MR) is 154 cm³/mol. The molecule has 41 heavy (non-hydrogen) atoms. The van der Waals surface area contributed by atoms with Crippen molar-refractivity contribution in [2.45, 2.75) is 45.1 Å². The highest BCUT2D eigenvalue weighted by Gasteiger charge is 2.11. The van der Waals surface area contributed by atoms with Crippen molar-refractivity contribution in [3.8, 4) is 18.1 Å². The summed E-state index contributed by atoms with van der Waals surface area (Å²) in [6.07, 6.45) is 9.37. The molecule has 2 aromatic rings. The first-order valence-corrected chi connectivity index (χ1v) is 13.9. The summed E-state index contributed by atoms with van der Waals surface area (Å²) in [6.45, 7) is 5.37. The summed E-state index contributed by atoms with van der Waals surface area (Å²) in [5, 5.41) is 40.5. The predicted octanol–water partition coefficient (Wildman–Crippen LogP) is 3.74. The second-order valence-electron chi connectivity index (χ2n) is 9.56. The summed E-state index contributed by atoms with van der Waals surface area (Å²) in [5.74, 6) is 1.01. The largest absolute Gasteiger partial charge is 0.593 e. The molecule has 1 heterocycles. The summed E-state index contributed by atoms with van der Waals surface area (Å²) >= 11 is 0. The van der Waals surface area contributed by atoms with E-state index in [9.17, 15) is 10.0 Å². The molecule has 1 aliphatic rings. The Bertz CT molecular complexity index is 1240. The van der Waals surface area contributed by atoms with Crippen molar-refractivity contribution in [3.05, 3.63) is 64.9 Å². The van der Waals surface area contributed by atoms with Crippen molar-refractivity contribution < 1.29 is 14.4 Å². The number of unbranched alkanes of at least 4 members (excludes halogenated alkanes) is 1. The molecule has 1 fully saturated rings. The van der Waals surface area contributed by atoms with Gasteiger partial charge < -0.3 is 20.6 Å². The molecule has 1 saturated heterocycles. The molecule has 0 atom stereocenters. The third-order valence-corrected chi connectivity index (χ3v) is 6.44. The zero-order valence-corrected chi connectivity index (χ0v) is 23.2. The van der Waals surface area contributed by atoms with Crippen LogP contribution in [0, 0.1) is 28.1 Å². The molecule has 216 valence electrons. The smallest absolute Gasteiger partial charge is 0.274 e. The number of hydrogen-bond donors (Lipinski definition) is 3. The normalized spacial score (nSPS) is 14.0. The Kier molecular flexibility index (Phi) is 13.4. The third kappa shape index (κ3) is 11.5. The van der Waals surface area contributed by atoms with Gasteiger partial charge in [-0.15, -0.1) is 0 Å². The number of nitrogens with zero attached hydrogens (tertiary/aromatic N) is 6. The number of azo groups is 1. The Morgan fingerprint density at radius 2 is 1.78 bits per heavy atom. The van der Waals surface area contributed by atoms with Crippen LogP contribution in [-0.4, -0.2) is 61.0 Å². The van der Waals surface area contributed by atoms with E-state index in [-0.39, 0.29) is 16.5 Å². The van der Waals surface area contributed by atoms with Crippen molar-refractivity contribution in [2.75, 3.05) is 39.3 Å². The number of carbonyl (C=O) groups is 1. The van der Waals surface area contributed by atoms with E-state index in [0.717, 1.165) is 38.2 Å². The molecule has 12 nitrogen and oxygen atoms in total. The van der Waals surface area contributed by atoms with E-state index in [1.807, 2.05) is 18.3 Å². The highest BCUT2D eigenvalue weighted by molar-refractivity contribution is 5.94. The molecule has 0 radical (unpaired) electrons. The van der Waals surface area contributed by atoms with E-state index in [2.05, 4.69) is 43.1 Å². The minimum Gasteiger partial charge on any atom is -0.593 e. The minimum atomic E-state index is -0.261. The highest BCUT2D eigenvalue weighted by atomic mass is 16.5. The molecule has 0 saturated carbocycles. The molecule has 2 aromatic carbocycles. The van der Waals surface area contributed by atoms with Crippen LogP contribution in [0.5, 0.6) is 5.75 Å². The van der Waals surface area contributed by atoms with E-state index >= 15 is 0 Å². The summed E-state index contributed by atoms with van der Waals surface area (Å²) in [7, 11) is 0. The quantitative estimate of drug-likeness (QED) is 0.0460. The molecular weight excluding hydrogens is 522 g/mol. The second-order valence-corrected chi connectivity index (χ2v) is 9.56. The van der Waals surface area contributed by atoms with Gasteiger partial charge in [-0.1, -0.05) is 18.6 Å². The molecule has 1 amide bonds. The van der Waals surface area contributed by atoms with E-state index in [0.29, 0.717) is 44.2 Å². The lowest BCUT2D eigenvalue weighted by Crippen LogP contribution is -2.35. The topological polar surface area (TPSA) is 164 Å². The molecule has 0 bridgehead atoms. The van der Waals surface area contributed by atoms with Crippen molar-refractivity contribution in [3.63, 3.8) is 0 Å². The maximum atomic E-state index is 12.3. The zero-order chi connectivity index (χ0) is 29.1. The van der Waals surface area contributed by atoms with Crippen LogP contribution in [0.1, 0.15) is 54.4 Å². The van der Waals surface area contributed by atoms with Crippen LogP contribution in [0.2, 0.25) is 0 Å². The minimum absolute atomic E-state index is 0.165. The zero-order valence-electron chi connectivity index (χ0n) is 23.2. The van der Waals surface area contributed by atoms with Crippen LogP contribution in [0.4, 0.5) is 5.69 Å². The first-order chi connectivity index (χ1) is 20.1. The molecule has 0 aromatic heterocycles. The number of hydrogen-bond acceptors (Lipinski definition) is 8. The van der Waals surface area contributed by atoms with Crippen LogP contribution < -0.4 is 20.7 Å². The van der Waals surface area contributed by atoms with Crippen molar-refractivity contribution in [1.82, 2.24) is 20.9 Å². The summed E-state index contributed by atoms with van der Waals surface area (Å²) in [6, 6.07) is 14.1. The molecule has 0 spiro atoms. The summed E-state index contributed by atoms with van der Waals surface area (Å²) < 4.78 is 5.92. The number of rotatable bonds is 14. The van der Waals surface area contributed by atoms with E-state index in [1.165, 1.54) is 55.3 Å².